The molecular weight excluding hydrogens is 260 g/mol. The minimum Gasteiger partial charge on any atom is -0.299 e. The number of likely N-dealkylation sites (tertiary alicyclic amines) is 1. The molecule has 0 aromatic carbocycles. The van der Waals surface area contributed by atoms with Crippen LogP contribution in [0.25, 0.3) is 0 Å². The minimum absolute atomic E-state index is 0.0313. The normalized spacial score (nSPS) is 24.6. The van der Waals surface area contributed by atoms with Gasteiger partial charge in [-0.3, -0.25) is 4.90 Å². The molecule has 0 amide bonds. The molecule has 1 aliphatic rings. The van der Waals surface area contributed by atoms with Crippen LogP contribution in [0, 0.1) is 5.92 Å². The molecule has 0 aromatic rings. The molecule has 0 radical (unpaired) electrons. The average Bonchev–Trinajstić information content (AvgIpc) is 2.76. The lowest BCUT2D eigenvalue weighted by molar-refractivity contribution is 0.199. The molecule has 1 heterocycles. The van der Waals surface area contributed by atoms with Gasteiger partial charge in [-0.05, 0) is 46.1 Å². The van der Waals surface area contributed by atoms with Crippen molar-refractivity contribution in [3.8, 4) is 0 Å². The van der Waals surface area contributed by atoms with Gasteiger partial charge in [0.1, 0.15) is 0 Å². The number of allylic oxidation sites excluding steroid dienone is 1. The molecule has 1 saturated heterocycles. The fourth-order valence-electron chi connectivity index (χ4n) is 2.62. The Balaban J connectivity index is 2.60. The molecule has 3 atom stereocenters. The fraction of sp³-hybridized carbons (Fsp3) is 0.857. The van der Waals surface area contributed by atoms with Crippen LogP contribution in [-0.4, -0.2) is 43.7 Å². The summed E-state index contributed by atoms with van der Waals surface area (Å²) in [6.45, 7) is 13.4. The SMILES string of the molecule is C=CC[C@H](C)[C@H](C)N1CC[C@H](S(=O)(=O)NC(C)C)C1. The summed E-state index contributed by atoms with van der Waals surface area (Å²) in [7, 11) is -3.18. The molecule has 0 saturated carbocycles. The van der Waals surface area contributed by atoms with Gasteiger partial charge in [0.2, 0.25) is 10.0 Å². The lowest BCUT2D eigenvalue weighted by atomic mass is 9.99. The van der Waals surface area contributed by atoms with E-state index in [9.17, 15) is 8.42 Å². The Morgan fingerprint density at radius 2 is 2.00 bits per heavy atom. The molecule has 0 aromatic heterocycles. The number of nitrogens with zero attached hydrogens (tertiary/aromatic N) is 1. The molecule has 0 aliphatic carbocycles. The molecule has 0 bridgehead atoms. The molecule has 1 rings (SSSR count). The molecule has 4 nitrogen and oxygen atoms in total. The lowest BCUT2D eigenvalue weighted by Gasteiger charge is -2.29. The lowest BCUT2D eigenvalue weighted by Crippen LogP contribution is -2.42. The summed E-state index contributed by atoms with van der Waals surface area (Å²) in [6, 6.07) is 0.369. The van der Waals surface area contributed by atoms with Gasteiger partial charge in [0, 0.05) is 18.6 Å². The number of rotatable bonds is 7. The second-order valence-electron chi connectivity index (χ2n) is 5.97. The smallest absolute Gasteiger partial charge is 0.216 e. The first-order chi connectivity index (χ1) is 8.77. The van der Waals surface area contributed by atoms with Gasteiger partial charge in [-0.1, -0.05) is 13.0 Å². The third-order valence-electron chi connectivity index (χ3n) is 3.95. The summed E-state index contributed by atoms with van der Waals surface area (Å²) in [4.78, 5) is 2.29. The van der Waals surface area contributed by atoms with Crippen molar-refractivity contribution < 1.29 is 8.42 Å². The predicted molar refractivity (Wildman–Crippen MR) is 80.6 cm³/mol. The van der Waals surface area contributed by atoms with E-state index in [0.29, 0.717) is 18.5 Å². The maximum absolute atomic E-state index is 12.2. The largest absolute Gasteiger partial charge is 0.299 e. The minimum atomic E-state index is -3.18. The van der Waals surface area contributed by atoms with Crippen LogP contribution >= 0.6 is 0 Å². The van der Waals surface area contributed by atoms with Crippen LogP contribution in [0.1, 0.15) is 40.5 Å². The van der Waals surface area contributed by atoms with Crippen LogP contribution in [0.5, 0.6) is 0 Å². The molecular formula is C14H28N2O2S. The monoisotopic (exact) mass is 288 g/mol. The van der Waals surface area contributed by atoms with Crippen LogP contribution in [0.3, 0.4) is 0 Å². The number of hydrogen-bond acceptors (Lipinski definition) is 3. The Kier molecular flexibility index (Phi) is 6.02. The van der Waals surface area contributed by atoms with Gasteiger partial charge in [0.05, 0.1) is 5.25 Å². The van der Waals surface area contributed by atoms with Gasteiger partial charge in [-0.15, -0.1) is 6.58 Å². The van der Waals surface area contributed by atoms with E-state index in [2.05, 4.69) is 30.0 Å². The Hall–Kier alpha value is -0.390. The van der Waals surface area contributed by atoms with Crippen molar-refractivity contribution in [3.63, 3.8) is 0 Å². The van der Waals surface area contributed by atoms with Crippen molar-refractivity contribution in [2.24, 2.45) is 5.92 Å². The van der Waals surface area contributed by atoms with Crippen LogP contribution in [0.4, 0.5) is 0 Å². The first kappa shape index (κ1) is 16.7. The third kappa shape index (κ3) is 4.58. The molecule has 5 heteroatoms. The summed E-state index contributed by atoms with van der Waals surface area (Å²) in [5.41, 5.74) is 0. The van der Waals surface area contributed by atoms with Crippen molar-refractivity contribution >= 4 is 10.0 Å². The number of nitrogens with one attached hydrogen (secondary N) is 1. The summed E-state index contributed by atoms with van der Waals surface area (Å²) >= 11 is 0. The van der Waals surface area contributed by atoms with Gasteiger partial charge >= 0.3 is 0 Å². The molecule has 1 N–H and O–H groups in total. The number of hydrogen-bond donors (Lipinski definition) is 1. The van der Waals surface area contributed by atoms with Crippen molar-refractivity contribution in [2.45, 2.75) is 57.9 Å². The summed E-state index contributed by atoms with van der Waals surface area (Å²) in [6.07, 6.45) is 3.64. The highest BCUT2D eigenvalue weighted by atomic mass is 32.2. The maximum Gasteiger partial charge on any atom is 0.216 e. The van der Waals surface area contributed by atoms with Gasteiger partial charge in [-0.25, -0.2) is 13.1 Å². The Morgan fingerprint density at radius 3 is 2.53 bits per heavy atom. The van der Waals surface area contributed by atoms with Gasteiger partial charge in [0.25, 0.3) is 0 Å². The zero-order valence-electron chi connectivity index (χ0n) is 12.6. The summed E-state index contributed by atoms with van der Waals surface area (Å²) < 4.78 is 27.0. The predicted octanol–water partition coefficient (Wildman–Crippen LogP) is 1.99. The third-order valence-corrected chi connectivity index (χ3v) is 6.02. The second-order valence-corrected chi connectivity index (χ2v) is 7.96. The first-order valence-corrected chi connectivity index (χ1v) is 8.68. The fourth-order valence-corrected chi connectivity index (χ4v) is 4.27. The van der Waals surface area contributed by atoms with Crippen molar-refractivity contribution in [1.82, 2.24) is 9.62 Å². The quantitative estimate of drug-likeness (QED) is 0.729. The highest BCUT2D eigenvalue weighted by Gasteiger charge is 2.35. The van der Waals surface area contributed by atoms with Gasteiger partial charge < -0.3 is 0 Å². The maximum atomic E-state index is 12.2. The van der Waals surface area contributed by atoms with E-state index < -0.39 is 10.0 Å². The van der Waals surface area contributed by atoms with Crippen LogP contribution in [-0.2, 0) is 10.0 Å². The molecule has 19 heavy (non-hydrogen) atoms. The van der Waals surface area contributed by atoms with E-state index in [1.54, 1.807) is 0 Å². The molecule has 1 aliphatic heterocycles. The second kappa shape index (κ2) is 6.86. The highest BCUT2D eigenvalue weighted by molar-refractivity contribution is 7.90. The highest BCUT2D eigenvalue weighted by Crippen LogP contribution is 2.23. The summed E-state index contributed by atoms with van der Waals surface area (Å²) in [5, 5.41) is -0.270. The van der Waals surface area contributed by atoms with Crippen molar-refractivity contribution in [2.75, 3.05) is 13.1 Å². The Labute approximate surface area is 118 Å². The topological polar surface area (TPSA) is 49.4 Å². The van der Waals surface area contributed by atoms with E-state index in [-0.39, 0.29) is 11.3 Å². The van der Waals surface area contributed by atoms with Crippen molar-refractivity contribution in [3.05, 3.63) is 12.7 Å². The van der Waals surface area contributed by atoms with E-state index >= 15 is 0 Å². The molecule has 0 spiro atoms. The van der Waals surface area contributed by atoms with Crippen molar-refractivity contribution in [1.29, 1.82) is 0 Å². The van der Waals surface area contributed by atoms with E-state index in [1.165, 1.54) is 0 Å². The van der Waals surface area contributed by atoms with Gasteiger partial charge in [-0.2, -0.15) is 0 Å². The van der Waals surface area contributed by atoms with Crippen LogP contribution in [0.15, 0.2) is 12.7 Å². The average molecular weight is 288 g/mol. The van der Waals surface area contributed by atoms with E-state index in [0.717, 1.165) is 19.4 Å². The standard InChI is InChI=1S/C14H28N2O2S/c1-6-7-12(4)13(5)16-9-8-14(10-16)19(17,18)15-11(2)3/h6,11-15H,1,7-10H2,2-5H3/t12-,13-,14-/m0/s1. The zero-order chi connectivity index (χ0) is 14.6. The molecule has 112 valence electrons. The van der Waals surface area contributed by atoms with Crippen LogP contribution in [0.2, 0.25) is 0 Å². The number of sulfonamides is 1. The van der Waals surface area contributed by atoms with E-state index in [4.69, 9.17) is 0 Å². The van der Waals surface area contributed by atoms with E-state index in [1.807, 2.05) is 19.9 Å². The zero-order valence-corrected chi connectivity index (χ0v) is 13.4. The Bertz CT molecular complexity index is 392. The molecule has 1 fully saturated rings. The van der Waals surface area contributed by atoms with Crippen LogP contribution < -0.4 is 4.72 Å². The van der Waals surface area contributed by atoms with Gasteiger partial charge in [0.15, 0.2) is 0 Å². The summed E-state index contributed by atoms with van der Waals surface area (Å²) in [5.74, 6) is 0.511. The molecule has 0 unspecified atom stereocenters. The Morgan fingerprint density at radius 1 is 1.37 bits per heavy atom. The first-order valence-electron chi connectivity index (χ1n) is 7.14.